The van der Waals surface area contributed by atoms with Gasteiger partial charge in [-0.1, -0.05) is 26.8 Å². The lowest BCUT2D eigenvalue weighted by Gasteiger charge is -2.30. The number of aromatic nitrogens is 2. The molecule has 0 aliphatic carbocycles. The molecule has 0 radical (unpaired) electrons. The van der Waals surface area contributed by atoms with Crippen molar-refractivity contribution in [1.82, 2.24) is 14.9 Å². The average Bonchev–Trinajstić information content (AvgIpc) is 3.13. The minimum absolute atomic E-state index is 0.124. The number of fused-ring (bicyclic) bond motifs is 1. The quantitative estimate of drug-likeness (QED) is 0.789. The highest BCUT2D eigenvalue weighted by molar-refractivity contribution is 7.10. The van der Waals surface area contributed by atoms with E-state index in [0.29, 0.717) is 11.2 Å². The van der Waals surface area contributed by atoms with Gasteiger partial charge in [-0.3, -0.25) is 4.79 Å². The van der Waals surface area contributed by atoms with Crippen LogP contribution in [0.5, 0.6) is 0 Å². The molecule has 0 aliphatic heterocycles. The Morgan fingerprint density at radius 3 is 2.83 bits per heavy atom. The first-order chi connectivity index (χ1) is 11.4. The molecule has 1 N–H and O–H groups in total. The number of nitrogens with zero attached hydrogens (tertiary/aromatic N) is 2. The third kappa shape index (κ3) is 3.26. The maximum absolute atomic E-state index is 12.5. The Labute approximate surface area is 143 Å². The number of rotatable bonds is 4. The molecule has 0 unspecified atom stereocenters. The van der Waals surface area contributed by atoms with Gasteiger partial charge in [0.2, 0.25) is 5.91 Å². The van der Waals surface area contributed by atoms with Crippen LogP contribution in [-0.2, 0) is 11.3 Å². The van der Waals surface area contributed by atoms with Crippen molar-refractivity contribution in [3.63, 3.8) is 0 Å². The molecule has 0 spiro atoms. The first-order valence-electron chi connectivity index (χ1n) is 7.63. The zero-order chi connectivity index (χ0) is 17.3. The monoisotopic (exact) mass is 345 g/mol. The van der Waals surface area contributed by atoms with E-state index in [1.807, 2.05) is 17.5 Å². The molecule has 0 aliphatic rings. The van der Waals surface area contributed by atoms with Crippen LogP contribution in [0.1, 0.15) is 31.7 Å². The summed E-state index contributed by atoms with van der Waals surface area (Å²) in [5.41, 5.74) is 0.601. The minimum Gasteiger partial charge on any atom is -0.406 e. The number of amides is 1. The van der Waals surface area contributed by atoms with Crippen LogP contribution in [0, 0.1) is 5.41 Å². The van der Waals surface area contributed by atoms with Crippen molar-refractivity contribution in [1.29, 1.82) is 0 Å². The van der Waals surface area contributed by atoms with Crippen LogP contribution >= 0.6 is 11.3 Å². The summed E-state index contributed by atoms with van der Waals surface area (Å²) >= 11 is 1.60. The molecule has 0 aromatic carbocycles. The van der Waals surface area contributed by atoms with Gasteiger partial charge in [-0.15, -0.1) is 11.3 Å². The molecule has 24 heavy (non-hydrogen) atoms. The van der Waals surface area contributed by atoms with Gasteiger partial charge in [0.1, 0.15) is 6.54 Å². The van der Waals surface area contributed by atoms with Crippen molar-refractivity contribution in [3.8, 4) is 0 Å². The highest BCUT2D eigenvalue weighted by Crippen LogP contribution is 2.35. The van der Waals surface area contributed by atoms with Crippen molar-refractivity contribution in [2.45, 2.75) is 33.4 Å². The lowest BCUT2D eigenvalue weighted by Crippen LogP contribution is -2.39. The van der Waals surface area contributed by atoms with E-state index >= 15 is 0 Å². The summed E-state index contributed by atoms with van der Waals surface area (Å²) in [6.07, 6.45) is 1.56. The van der Waals surface area contributed by atoms with Crippen LogP contribution in [0.4, 0.5) is 0 Å². The molecule has 126 valence electrons. The Kier molecular flexibility index (Phi) is 4.28. The molecular weight excluding hydrogens is 326 g/mol. The van der Waals surface area contributed by atoms with E-state index in [4.69, 9.17) is 4.42 Å². The van der Waals surface area contributed by atoms with Crippen molar-refractivity contribution in [2.24, 2.45) is 5.41 Å². The second-order valence-electron chi connectivity index (χ2n) is 6.66. The van der Waals surface area contributed by atoms with Gasteiger partial charge in [0.05, 0.1) is 6.04 Å². The van der Waals surface area contributed by atoms with E-state index < -0.39 is 5.76 Å². The van der Waals surface area contributed by atoms with E-state index in [1.165, 1.54) is 4.57 Å². The lowest BCUT2D eigenvalue weighted by molar-refractivity contribution is -0.123. The van der Waals surface area contributed by atoms with Gasteiger partial charge >= 0.3 is 5.76 Å². The van der Waals surface area contributed by atoms with Crippen LogP contribution in [0.2, 0.25) is 0 Å². The molecule has 0 bridgehead atoms. The normalized spacial score (nSPS) is 13.1. The maximum Gasteiger partial charge on any atom is 0.421 e. The SMILES string of the molecule is CC(C)(C)[C@H](NC(=O)Cn1c(=O)oc2cccnc21)c1cccs1. The number of thiophene rings is 1. The zero-order valence-electron chi connectivity index (χ0n) is 13.8. The van der Waals surface area contributed by atoms with Gasteiger partial charge in [-0.25, -0.2) is 14.3 Å². The summed E-state index contributed by atoms with van der Waals surface area (Å²) in [6, 6.07) is 7.17. The van der Waals surface area contributed by atoms with Crippen LogP contribution < -0.4 is 11.1 Å². The van der Waals surface area contributed by atoms with E-state index in [2.05, 4.69) is 31.1 Å². The fourth-order valence-corrected chi connectivity index (χ4v) is 3.58. The van der Waals surface area contributed by atoms with Gasteiger partial charge in [0, 0.05) is 11.1 Å². The molecule has 3 aromatic heterocycles. The third-order valence-electron chi connectivity index (χ3n) is 3.72. The fourth-order valence-electron chi connectivity index (χ4n) is 2.56. The van der Waals surface area contributed by atoms with Crippen LogP contribution in [0.25, 0.3) is 11.2 Å². The molecule has 0 fully saturated rings. The van der Waals surface area contributed by atoms with E-state index in [1.54, 1.807) is 29.7 Å². The molecular formula is C17H19N3O3S. The minimum atomic E-state index is -0.581. The van der Waals surface area contributed by atoms with Crippen molar-refractivity contribution in [2.75, 3.05) is 0 Å². The second-order valence-corrected chi connectivity index (χ2v) is 7.64. The van der Waals surface area contributed by atoms with E-state index in [9.17, 15) is 9.59 Å². The van der Waals surface area contributed by atoms with Gasteiger partial charge < -0.3 is 9.73 Å². The number of carbonyl (C=O) groups is 1. The summed E-state index contributed by atoms with van der Waals surface area (Å²) in [6.45, 7) is 6.08. The van der Waals surface area contributed by atoms with Crippen molar-refractivity contribution < 1.29 is 9.21 Å². The van der Waals surface area contributed by atoms with Crippen LogP contribution in [0.3, 0.4) is 0 Å². The van der Waals surface area contributed by atoms with E-state index in [-0.39, 0.29) is 23.9 Å². The molecule has 0 saturated carbocycles. The van der Waals surface area contributed by atoms with Gasteiger partial charge in [0.15, 0.2) is 11.2 Å². The smallest absolute Gasteiger partial charge is 0.406 e. The summed E-state index contributed by atoms with van der Waals surface area (Å²) in [4.78, 5) is 29.7. The number of nitrogens with one attached hydrogen (secondary N) is 1. The van der Waals surface area contributed by atoms with Crippen LogP contribution in [0.15, 0.2) is 45.1 Å². The Morgan fingerprint density at radius 1 is 1.38 bits per heavy atom. The summed E-state index contributed by atoms with van der Waals surface area (Å²) < 4.78 is 6.36. The third-order valence-corrected chi connectivity index (χ3v) is 4.66. The van der Waals surface area contributed by atoms with Crippen LogP contribution in [-0.4, -0.2) is 15.5 Å². The summed E-state index contributed by atoms with van der Waals surface area (Å²) in [7, 11) is 0. The Balaban J connectivity index is 1.84. The number of carbonyl (C=O) groups excluding carboxylic acids is 1. The average molecular weight is 345 g/mol. The first-order valence-corrected chi connectivity index (χ1v) is 8.51. The molecule has 3 rings (SSSR count). The molecule has 7 heteroatoms. The van der Waals surface area contributed by atoms with Gasteiger partial charge in [-0.2, -0.15) is 0 Å². The predicted octanol–water partition coefficient (Wildman–Crippen LogP) is 2.95. The lowest BCUT2D eigenvalue weighted by atomic mass is 9.85. The number of hydrogen-bond acceptors (Lipinski definition) is 5. The molecule has 6 nitrogen and oxygen atoms in total. The highest BCUT2D eigenvalue weighted by atomic mass is 32.1. The summed E-state index contributed by atoms with van der Waals surface area (Å²) in [5.74, 6) is -0.832. The molecule has 1 amide bonds. The Morgan fingerprint density at radius 2 is 2.17 bits per heavy atom. The zero-order valence-corrected chi connectivity index (χ0v) is 14.6. The number of hydrogen-bond donors (Lipinski definition) is 1. The standard InChI is InChI=1S/C17H19N3O3S/c1-17(2,3)14(12-7-5-9-24-12)19-13(21)10-20-15-11(23-16(20)22)6-4-8-18-15/h4-9,14H,10H2,1-3H3,(H,19,21)/t14-/m1/s1. The topological polar surface area (TPSA) is 77.1 Å². The van der Waals surface area contributed by atoms with E-state index in [0.717, 1.165) is 4.88 Å². The molecule has 3 aromatic rings. The highest BCUT2D eigenvalue weighted by Gasteiger charge is 2.29. The predicted molar refractivity (Wildman–Crippen MR) is 92.9 cm³/mol. The number of pyridine rings is 1. The maximum atomic E-state index is 12.5. The van der Waals surface area contributed by atoms with Crippen molar-refractivity contribution in [3.05, 3.63) is 51.3 Å². The molecule has 3 heterocycles. The molecule has 1 atom stereocenters. The molecule has 0 saturated heterocycles. The Hall–Kier alpha value is -2.41. The fraction of sp³-hybridized carbons (Fsp3) is 0.353. The summed E-state index contributed by atoms with van der Waals surface area (Å²) in [5, 5.41) is 5.02. The Bertz CT molecular complexity index is 903. The first kappa shape index (κ1) is 16.4. The van der Waals surface area contributed by atoms with Crippen molar-refractivity contribution >= 4 is 28.5 Å². The number of oxazole rings is 1. The largest absolute Gasteiger partial charge is 0.421 e. The van der Waals surface area contributed by atoms with Gasteiger partial charge in [-0.05, 0) is 29.0 Å². The second kappa shape index (κ2) is 6.24. The van der Waals surface area contributed by atoms with Gasteiger partial charge in [0.25, 0.3) is 0 Å².